The molecule has 0 bridgehead atoms. The molecule has 24 heavy (non-hydrogen) atoms. The van der Waals surface area contributed by atoms with Crippen molar-refractivity contribution in [3.8, 4) is 0 Å². The first kappa shape index (κ1) is 23.4. The van der Waals surface area contributed by atoms with Gasteiger partial charge in [-0.15, -0.1) is 0 Å². The van der Waals surface area contributed by atoms with Crippen LogP contribution in [-0.4, -0.2) is 42.2 Å². The van der Waals surface area contributed by atoms with E-state index in [1.807, 2.05) is 0 Å². The maximum Gasteiger partial charge on any atom is 0.365 e. The van der Waals surface area contributed by atoms with E-state index >= 15 is 0 Å². The Morgan fingerprint density at radius 3 is 1.38 bits per heavy atom. The van der Waals surface area contributed by atoms with Crippen LogP contribution >= 0.6 is 0 Å². The van der Waals surface area contributed by atoms with E-state index < -0.39 is 11.5 Å². The minimum Gasteiger partial charge on any atom is -0.477 e. The summed E-state index contributed by atoms with van der Waals surface area (Å²) in [7, 11) is 6.16. The zero-order valence-electron chi connectivity index (χ0n) is 17.2. The summed E-state index contributed by atoms with van der Waals surface area (Å²) in [5.41, 5.74) is -0.615. The first-order valence-electron chi connectivity index (χ1n) is 10.4. The van der Waals surface area contributed by atoms with Crippen molar-refractivity contribution in [1.82, 2.24) is 0 Å². The largest absolute Gasteiger partial charge is 0.477 e. The highest BCUT2D eigenvalue weighted by molar-refractivity contribution is 5.77. The Morgan fingerprint density at radius 2 is 1.04 bits per heavy atom. The van der Waals surface area contributed by atoms with E-state index in [1.165, 1.54) is 57.8 Å². The molecule has 0 aromatic rings. The number of quaternary nitrogens is 1. The molecular weight excluding hydrogens is 298 g/mol. The summed E-state index contributed by atoms with van der Waals surface area (Å²) in [5, 5.41) is 10.0. The minimum absolute atomic E-state index is 0.533. The molecule has 0 fully saturated rings. The molecule has 0 rings (SSSR count). The predicted octanol–water partition coefficient (Wildman–Crippen LogP) is 6.02. The number of carboxylic acids is 1. The number of carbonyl (C=O) groups is 1. The Kier molecular flexibility index (Phi) is 12.4. The van der Waals surface area contributed by atoms with Crippen molar-refractivity contribution >= 4 is 5.97 Å². The molecule has 0 saturated carbocycles. The molecule has 0 aliphatic carbocycles. The molecule has 0 heterocycles. The zero-order chi connectivity index (χ0) is 18.5. The maximum absolute atomic E-state index is 12.2. The second kappa shape index (κ2) is 12.7. The van der Waals surface area contributed by atoms with Gasteiger partial charge >= 0.3 is 5.97 Å². The van der Waals surface area contributed by atoms with E-state index in [0.717, 1.165) is 32.1 Å². The number of hydrogen-bond acceptors (Lipinski definition) is 1. The van der Waals surface area contributed by atoms with Crippen LogP contribution in [-0.2, 0) is 4.79 Å². The molecule has 0 aromatic heterocycles. The van der Waals surface area contributed by atoms with Crippen molar-refractivity contribution in [2.45, 2.75) is 109 Å². The highest BCUT2D eigenvalue weighted by Gasteiger charge is 2.49. The molecule has 144 valence electrons. The Bertz CT molecular complexity index is 322. The number of hydrogen-bond donors (Lipinski definition) is 1. The van der Waals surface area contributed by atoms with E-state index in [0.29, 0.717) is 4.48 Å². The molecule has 0 aromatic carbocycles. The average Bonchev–Trinajstić information content (AvgIpc) is 2.50. The second-order valence-electron chi connectivity index (χ2n) is 8.38. The molecule has 0 radical (unpaired) electrons. The summed E-state index contributed by atoms with van der Waals surface area (Å²) in [6.45, 7) is 4.45. The molecule has 0 aliphatic rings. The van der Waals surface area contributed by atoms with Crippen LogP contribution in [0.2, 0.25) is 0 Å². The van der Waals surface area contributed by atoms with Crippen LogP contribution < -0.4 is 0 Å². The van der Waals surface area contributed by atoms with Crippen LogP contribution in [0.25, 0.3) is 0 Å². The Balaban J connectivity index is 4.41. The van der Waals surface area contributed by atoms with Gasteiger partial charge < -0.3 is 9.59 Å². The summed E-state index contributed by atoms with van der Waals surface area (Å²) < 4.78 is 0.533. The fourth-order valence-electron chi connectivity index (χ4n) is 3.69. The summed E-state index contributed by atoms with van der Waals surface area (Å²) in [6, 6.07) is 0. The van der Waals surface area contributed by atoms with Crippen LogP contribution in [0.3, 0.4) is 0 Å². The number of unbranched alkanes of at least 4 members (excludes halogenated alkanes) is 10. The van der Waals surface area contributed by atoms with E-state index in [1.54, 1.807) is 0 Å². The van der Waals surface area contributed by atoms with Crippen molar-refractivity contribution < 1.29 is 14.4 Å². The molecule has 3 heteroatoms. The monoisotopic (exact) mass is 342 g/mol. The molecule has 1 atom stereocenters. The fourth-order valence-corrected chi connectivity index (χ4v) is 3.69. The number of carboxylic acid groups (broad SMARTS) is 1. The van der Waals surface area contributed by atoms with Crippen LogP contribution in [0.4, 0.5) is 0 Å². The average molecular weight is 343 g/mol. The van der Waals surface area contributed by atoms with Crippen molar-refractivity contribution in [2.24, 2.45) is 0 Å². The van der Waals surface area contributed by atoms with Crippen LogP contribution in [0.15, 0.2) is 0 Å². The van der Waals surface area contributed by atoms with E-state index in [2.05, 4.69) is 35.0 Å². The van der Waals surface area contributed by atoms with Gasteiger partial charge in [-0.3, -0.25) is 0 Å². The lowest BCUT2D eigenvalue weighted by Crippen LogP contribution is -2.62. The molecule has 1 N–H and O–H groups in total. The van der Waals surface area contributed by atoms with E-state index in [4.69, 9.17) is 0 Å². The maximum atomic E-state index is 12.2. The van der Waals surface area contributed by atoms with Gasteiger partial charge in [0.25, 0.3) is 0 Å². The fraction of sp³-hybridized carbons (Fsp3) is 0.952. The third-order valence-corrected chi connectivity index (χ3v) is 5.57. The van der Waals surface area contributed by atoms with Gasteiger partial charge in [-0.2, -0.15) is 0 Å². The smallest absolute Gasteiger partial charge is 0.365 e. The zero-order valence-corrected chi connectivity index (χ0v) is 17.2. The lowest BCUT2D eigenvalue weighted by Gasteiger charge is -2.43. The van der Waals surface area contributed by atoms with Gasteiger partial charge in [0, 0.05) is 12.8 Å². The van der Waals surface area contributed by atoms with Gasteiger partial charge in [0.05, 0.1) is 21.1 Å². The van der Waals surface area contributed by atoms with Gasteiger partial charge in [-0.25, -0.2) is 4.79 Å². The van der Waals surface area contributed by atoms with Gasteiger partial charge in [0.2, 0.25) is 0 Å². The van der Waals surface area contributed by atoms with E-state index in [-0.39, 0.29) is 0 Å². The third kappa shape index (κ3) is 8.50. The Labute approximate surface area is 151 Å². The second-order valence-corrected chi connectivity index (χ2v) is 8.38. The van der Waals surface area contributed by atoms with Crippen molar-refractivity contribution in [3.63, 3.8) is 0 Å². The number of rotatable bonds is 16. The summed E-state index contributed by atoms with van der Waals surface area (Å²) in [5.74, 6) is -0.602. The van der Waals surface area contributed by atoms with Crippen molar-refractivity contribution in [1.29, 1.82) is 0 Å². The molecule has 1 unspecified atom stereocenters. The molecular formula is C21H44NO2+. The minimum atomic E-state index is -0.615. The quantitative estimate of drug-likeness (QED) is 0.275. The molecule has 0 amide bonds. The van der Waals surface area contributed by atoms with Crippen LogP contribution in [0, 0.1) is 0 Å². The first-order chi connectivity index (χ1) is 11.3. The van der Waals surface area contributed by atoms with E-state index in [9.17, 15) is 9.90 Å². The molecule has 3 nitrogen and oxygen atoms in total. The molecule has 0 spiro atoms. The van der Waals surface area contributed by atoms with Crippen LogP contribution in [0.5, 0.6) is 0 Å². The van der Waals surface area contributed by atoms with Crippen molar-refractivity contribution in [3.05, 3.63) is 0 Å². The number of likely N-dealkylation sites (N-methyl/N-ethyl adjacent to an activating group) is 1. The normalized spacial score (nSPS) is 14.5. The summed E-state index contributed by atoms with van der Waals surface area (Å²) in [6.07, 6.45) is 16.3. The highest BCUT2D eigenvalue weighted by atomic mass is 16.4. The lowest BCUT2D eigenvalue weighted by atomic mass is 9.83. The molecule has 0 aliphatic heterocycles. The summed E-state index contributed by atoms with van der Waals surface area (Å²) in [4.78, 5) is 12.2. The SMILES string of the molecule is CCCCCCCCCCC(CCCCCC)(C(=O)O)[N+](C)(C)C. The Morgan fingerprint density at radius 1 is 0.708 bits per heavy atom. The standard InChI is InChI=1S/C21H43NO2/c1-6-8-10-12-13-14-15-17-19-21(20(23)24,22(3,4)5)18-16-11-9-7-2/h6-19H2,1-5H3/p+1. The van der Waals surface area contributed by atoms with Gasteiger partial charge in [0.1, 0.15) is 0 Å². The third-order valence-electron chi connectivity index (χ3n) is 5.57. The molecule has 0 saturated heterocycles. The summed E-state index contributed by atoms with van der Waals surface area (Å²) >= 11 is 0. The highest BCUT2D eigenvalue weighted by Crippen LogP contribution is 2.32. The lowest BCUT2D eigenvalue weighted by molar-refractivity contribution is -0.915. The van der Waals surface area contributed by atoms with Crippen LogP contribution in [0.1, 0.15) is 104 Å². The number of nitrogens with zero attached hydrogens (tertiary/aromatic N) is 1. The number of aliphatic carboxylic acids is 1. The van der Waals surface area contributed by atoms with Gasteiger partial charge in [0.15, 0.2) is 5.54 Å². The topological polar surface area (TPSA) is 37.3 Å². The Hall–Kier alpha value is -0.570. The van der Waals surface area contributed by atoms with Gasteiger partial charge in [-0.05, 0) is 12.8 Å². The first-order valence-corrected chi connectivity index (χ1v) is 10.4. The van der Waals surface area contributed by atoms with Crippen molar-refractivity contribution in [2.75, 3.05) is 21.1 Å². The predicted molar refractivity (Wildman–Crippen MR) is 104 cm³/mol. The van der Waals surface area contributed by atoms with Gasteiger partial charge in [-0.1, -0.05) is 78.1 Å².